The molecular weight excluding hydrogens is 276 g/mol. The number of aliphatic hydroxyl groups excluding tert-OH is 1. The van der Waals surface area contributed by atoms with Crippen molar-refractivity contribution < 1.29 is 9.53 Å². The molecule has 0 fully saturated rings. The zero-order valence-electron chi connectivity index (χ0n) is 14.1. The fourth-order valence-electron chi connectivity index (χ4n) is 1.74. The molecule has 1 aromatic carbocycles. The van der Waals surface area contributed by atoms with Gasteiger partial charge in [-0.3, -0.25) is 0 Å². The molecule has 21 heavy (non-hydrogen) atoms. The predicted molar refractivity (Wildman–Crippen MR) is 93.1 cm³/mol. The van der Waals surface area contributed by atoms with E-state index in [0.29, 0.717) is 13.0 Å². The Kier molecular flexibility index (Phi) is 6.38. The Morgan fingerprint density at radius 2 is 1.81 bits per heavy atom. The average molecular weight is 307 g/mol. The molecule has 1 aromatic rings. The monoisotopic (exact) mass is 306 g/mol. The molecule has 1 atom stereocenters. The Hall–Kier alpha value is -0.903. The molecule has 1 N–H and O–H groups in total. The van der Waals surface area contributed by atoms with Crippen LogP contribution in [0.5, 0.6) is 0 Å². The lowest BCUT2D eigenvalue weighted by Crippen LogP contribution is -2.41. The Morgan fingerprint density at radius 1 is 1.24 bits per heavy atom. The lowest BCUT2D eigenvalue weighted by molar-refractivity contribution is 0.180. The minimum atomic E-state index is -1.77. The minimum Gasteiger partial charge on any atom is -0.413 e. The van der Waals surface area contributed by atoms with Crippen LogP contribution in [-0.4, -0.2) is 26.1 Å². The molecule has 0 aromatic heterocycles. The van der Waals surface area contributed by atoms with Gasteiger partial charge in [-0.2, -0.15) is 0 Å². The van der Waals surface area contributed by atoms with Crippen molar-refractivity contribution in [3.05, 3.63) is 48.0 Å². The van der Waals surface area contributed by atoms with E-state index in [4.69, 9.17) is 4.43 Å². The Balaban J connectivity index is 2.42. The summed E-state index contributed by atoms with van der Waals surface area (Å²) in [6, 6.07) is 10.2. The molecule has 118 valence electrons. The van der Waals surface area contributed by atoms with E-state index in [1.54, 1.807) is 0 Å². The smallest absolute Gasteiger partial charge is 0.192 e. The van der Waals surface area contributed by atoms with Crippen LogP contribution in [0.1, 0.15) is 32.8 Å². The number of hydrogen-bond acceptors (Lipinski definition) is 2. The van der Waals surface area contributed by atoms with Crippen LogP contribution in [0.2, 0.25) is 18.1 Å². The molecule has 0 aliphatic carbocycles. The normalized spacial score (nSPS) is 14.0. The van der Waals surface area contributed by atoms with Crippen LogP contribution >= 0.6 is 0 Å². The summed E-state index contributed by atoms with van der Waals surface area (Å²) in [6.45, 7) is 15.5. The van der Waals surface area contributed by atoms with Gasteiger partial charge in [-0.05, 0) is 42.1 Å². The summed E-state index contributed by atoms with van der Waals surface area (Å²) in [5.41, 5.74) is 2.03. The van der Waals surface area contributed by atoms with E-state index in [0.717, 1.165) is 12.0 Å². The molecule has 0 radical (unpaired) electrons. The standard InChI is InChI=1S/C18H30O2Si/c1-15(14-20-21(5,6)18(2,3)4)17(19)13-12-16-10-8-7-9-11-16/h7-11,17,19H,1,12-14H2,2-6H3. The number of rotatable bonds is 7. The van der Waals surface area contributed by atoms with E-state index in [2.05, 4.69) is 52.6 Å². The van der Waals surface area contributed by atoms with Crippen molar-refractivity contribution in [2.24, 2.45) is 0 Å². The average Bonchev–Trinajstić information content (AvgIpc) is 2.42. The van der Waals surface area contributed by atoms with Gasteiger partial charge < -0.3 is 9.53 Å². The molecule has 0 bridgehead atoms. The maximum absolute atomic E-state index is 10.2. The maximum Gasteiger partial charge on any atom is 0.192 e. The summed E-state index contributed by atoms with van der Waals surface area (Å²) < 4.78 is 6.11. The van der Waals surface area contributed by atoms with Crippen LogP contribution in [0.25, 0.3) is 0 Å². The van der Waals surface area contributed by atoms with Crippen LogP contribution < -0.4 is 0 Å². The van der Waals surface area contributed by atoms with E-state index < -0.39 is 14.4 Å². The molecule has 0 heterocycles. The van der Waals surface area contributed by atoms with Crippen molar-refractivity contribution in [3.8, 4) is 0 Å². The molecular formula is C18H30O2Si. The highest BCUT2D eigenvalue weighted by molar-refractivity contribution is 6.74. The first-order valence-electron chi connectivity index (χ1n) is 7.67. The first-order valence-corrected chi connectivity index (χ1v) is 10.6. The minimum absolute atomic E-state index is 0.183. The zero-order valence-corrected chi connectivity index (χ0v) is 15.1. The predicted octanol–water partition coefficient (Wildman–Crippen LogP) is 4.56. The number of aliphatic hydroxyl groups is 1. The lowest BCUT2D eigenvalue weighted by Gasteiger charge is -2.36. The van der Waals surface area contributed by atoms with Crippen molar-refractivity contribution in [1.29, 1.82) is 0 Å². The summed E-state index contributed by atoms with van der Waals surface area (Å²) in [6.07, 6.45) is 1.07. The Labute approximate surface area is 131 Å². The van der Waals surface area contributed by atoms with Gasteiger partial charge in [0.25, 0.3) is 0 Å². The van der Waals surface area contributed by atoms with Crippen LogP contribution in [-0.2, 0) is 10.8 Å². The van der Waals surface area contributed by atoms with E-state index in [1.807, 2.05) is 18.2 Å². The quantitative estimate of drug-likeness (QED) is 0.591. The molecule has 0 amide bonds. The van der Waals surface area contributed by atoms with Gasteiger partial charge in [0.05, 0.1) is 12.7 Å². The summed E-state index contributed by atoms with van der Waals surface area (Å²) in [7, 11) is -1.77. The summed E-state index contributed by atoms with van der Waals surface area (Å²) in [4.78, 5) is 0. The fourth-order valence-corrected chi connectivity index (χ4v) is 2.72. The first kappa shape index (κ1) is 18.1. The highest BCUT2D eigenvalue weighted by Crippen LogP contribution is 2.36. The fraction of sp³-hybridized carbons (Fsp3) is 0.556. The highest BCUT2D eigenvalue weighted by atomic mass is 28.4. The van der Waals surface area contributed by atoms with E-state index >= 15 is 0 Å². The second-order valence-corrected chi connectivity index (χ2v) is 12.1. The van der Waals surface area contributed by atoms with Crippen molar-refractivity contribution >= 4 is 8.32 Å². The molecule has 1 unspecified atom stereocenters. The third-order valence-corrected chi connectivity index (χ3v) is 8.92. The Morgan fingerprint density at radius 3 is 2.33 bits per heavy atom. The van der Waals surface area contributed by atoms with Crippen LogP contribution in [0, 0.1) is 0 Å². The third kappa shape index (κ3) is 5.77. The van der Waals surface area contributed by atoms with Gasteiger partial charge >= 0.3 is 0 Å². The van der Waals surface area contributed by atoms with E-state index in [9.17, 15) is 5.11 Å². The van der Waals surface area contributed by atoms with Crippen molar-refractivity contribution in [2.75, 3.05) is 6.61 Å². The Bertz CT molecular complexity index is 446. The molecule has 3 heteroatoms. The van der Waals surface area contributed by atoms with Crippen LogP contribution in [0.3, 0.4) is 0 Å². The van der Waals surface area contributed by atoms with Crippen molar-refractivity contribution in [2.45, 2.75) is 57.8 Å². The highest BCUT2D eigenvalue weighted by Gasteiger charge is 2.37. The topological polar surface area (TPSA) is 29.5 Å². The molecule has 2 nitrogen and oxygen atoms in total. The maximum atomic E-state index is 10.2. The summed E-state index contributed by atoms with van der Waals surface area (Å²) >= 11 is 0. The van der Waals surface area contributed by atoms with Gasteiger partial charge in [-0.1, -0.05) is 57.7 Å². The number of aryl methyl sites for hydroxylation is 1. The first-order chi connectivity index (χ1) is 9.63. The number of benzene rings is 1. The van der Waals surface area contributed by atoms with Crippen molar-refractivity contribution in [3.63, 3.8) is 0 Å². The summed E-state index contributed by atoms with van der Waals surface area (Å²) in [5, 5.41) is 10.4. The summed E-state index contributed by atoms with van der Waals surface area (Å²) in [5.74, 6) is 0. The lowest BCUT2D eigenvalue weighted by atomic mass is 10.0. The SMILES string of the molecule is C=C(CO[Si](C)(C)C(C)(C)C)C(O)CCc1ccccc1. The van der Waals surface area contributed by atoms with E-state index in [1.165, 1.54) is 5.56 Å². The molecule has 0 aliphatic rings. The molecule has 0 saturated carbocycles. The number of hydrogen-bond donors (Lipinski definition) is 1. The van der Waals surface area contributed by atoms with Gasteiger partial charge in [0.2, 0.25) is 0 Å². The largest absolute Gasteiger partial charge is 0.413 e. The third-order valence-electron chi connectivity index (χ3n) is 4.45. The molecule has 0 aliphatic heterocycles. The second kappa shape index (κ2) is 7.39. The van der Waals surface area contributed by atoms with Crippen molar-refractivity contribution in [1.82, 2.24) is 0 Å². The zero-order chi connectivity index (χ0) is 16.1. The molecule has 0 saturated heterocycles. The van der Waals surface area contributed by atoms with Gasteiger partial charge in [-0.15, -0.1) is 0 Å². The van der Waals surface area contributed by atoms with Crippen LogP contribution in [0.15, 0.2) is 42.5 Å². The molecule has 0 spiro atoms. The van der Waals surface area contributed by atoms with E-state index in [-0.39, 0.29) is 5.04 Å². The van der Waals surface area contributed by atoms with Gasteiger partial charge in [-0.25, -0.2) is 0 Å². The van der Waals surface area contributed by atoms with Gasteiger partial charge in [0.1, 0.15) is 0 Å². The van der Waals surface area contributed by atoms with Gasteiger partial charge in [0.15, 0.2) is 8.32 Å². The van der Waals surface area contributed by atoms with Gasteiger partial charge in [0, 0.05) is 0 Å². The molecule has 1 rings (SSSR count). The second-order valence-electron chi connectivity index (χ2n) is 7.25. The van der Waals surface area contributed by atoms with Crippen LogP contribution in [0.4, 0.5) is 0 Å².